The molecule has 0 aliphatic carbocycles. The molecule has 0 fully saturated rings. The lowest BCUT2D eigenvalue weighted by Gasteiger charge is -2.27. The Labute approximate surface area is 128 Å². The molecule has 0 radical (unpaired) electrons. The van der Waals surface area contributed by atoms with Gasteiger partial charge in [-0.1, -0.05) is 41.5 Å². The molecular formula is C16H28N2O3. The van der Waals surface area contributed by atoms with Gasteiger partial charge in [-0.3, -0.25) is 0 Å². The third-order valence-electron chi connectivity index (χ3n) is 2.94. The molecule has 0 atom stereocenters. The van der Waals surface area contributed by atoms with Gasteiger partial charge in [-0.25, -0.2) is 9.97 Å². The summed E-state index contributed by atoms with van der Waals surface area (Å²) in [5, 5.41) is 0. The quantitative estimate of drug-likeness (QED) is 0.596. The van der Waals surface area contributed by atoms with Gasteiger partial charge in [0, 0.05) is 17.9 Å². The second kappa shape index (κ2) is 7.18. The molecule has 5 nitrogen and oxygen atoms in total. The first-order valence-corrected chi connectivity index (χ1v) is 7.23. The standard InChI is InChI=1S/C16H28N2O3/c1-15(2,3)13-12(21-11-20-9-8-19-7)14(16(4,5)6)18-10-17-13/h10H,8-9,11H2,1-7H3. The molecule has 1 aromatic heterocycles. The van der Waals surface area contributed by atoms with Gasteiger partial charge in [-0.2, -0.15) is 0 Å². The fraction of sp³-hybridized carbons (Fsp3) is 0.750. The predicted octanol–water partition coefficient (Wildman–Crippen LogP) is 3.07. The highest BCUT2D eigenvalue weighted by Crippen LogP contribution is 2.36. The highest BCUT2D eigenvalue weighted by atomic mass is 16.7. The third-order valence-corrected chi connectivity index (χ3v) is 2.94. The molecule has 1 heterocycles. The maximum absolute atomic E-state index is 5.87. The minimum Gasteiger partial charge on any atom is -0.464 e. The number of rotatable bonds is 6. The first-order chi connectivity index (χ1) is 9.68. The van der Waals surface area contributed by atoms with E-state index in [0.717, 1.165) is 17.1 Å². The largest absolute Gasteiger partial charge is 0.464 e. The Bertz CT molecular complexity index is 416. The van der Waals surface area contributed by atoms with E-state index in [1.165, 1.54) is 0 Å². The summed E-state index contributed by atoms with van der Waals surface area (Å²) in [7, 11) is 1.64. The predicted molar refractivity (Wildman–Crippen MR) is 82.8 cm³/mol. The highest BCUT2D eigenvalue weighted by Gasteiger charge is 2.29. The van der Waals surface area contributed by atoms with E-state index in [0.29, 0.717) is 13.2 Å². The van der Waals surface area contributed by atoms with Crippen LogP contribution in [-0.2, 0) is 20.3 Å². The van der Waals surface area contributed by atoms with Crippen LogP contribution < -0.4 is 4.74 Å². The minimum atomic E-state index is -0.120. The fourth-order valence-corrected chi connectivity index (χ4v) is 1.88. The van der Waals surface area contributed by atoms with Crippen LogP contribution in [0.15, 0.2) is 6.33 Å². The van der Waals surface area contributed by atoms with Crippen molar-refractivity contribution in [2.24, 2.45) is 0 Å². The van der Waals surface area contributed by atoms with E-state index in [2.05, 4.69) is 51.5 Å². The van der Waals surface area contributed by atoms with Gasteiger partial charge in [-0.15, -0.1) is 0 Å². The number of hydrogen-bond acceptors (Lipinski definition) is 5. The van der Waals surface area contributed by atoms with Gasteiger partial charge in [0.1, 0.15) is 6.33 Å². The van der Waals surface area contributed by atoms with E-state index >= 15 is 0 Å². The normalized spacial score (nSPS) is 12.5. The van der Waals surface area contributed by atoms with Gasteiger partial charge in [0.05, 0.1) is 24.6 Å². The number of hydrogen-bond donors (Lipinski definition) is 0. The fourth-order valence-electron chi connectivity index (χ4n) is 1.88. The third kappa shape index (κ3) is 5.25. The van der Waals surface area contributed by atoms with Crippen LogP contribution in [0, 0.1) is 0 Å². The first kappa shape index (κ1) is 17.9. The topological polar surface area (TPSA) is 53.5 Å². The molecule has 0 unspecified atom stereocenters. The highest BCUT2D eigenvalue weighted by molar-refractivity contribution is 5.39. The van der Waals surface area contributed by atoms with E-state index < -0.39 is 0 Å². The molecule has 0 saturated heterocycles. The monoisotopic (exact) mass is 296 g/mol. The van der Waals surface area contributed by atoms with Crippen molar-refractivity contribution >= 4 is 0 Å². The van der Waals surface area contributed by atoms with Gasteiger partial charge >= 0.3 is 0 Å². The molecule has 0 N–H and O–H groups in total. The van der Waals surface area contributed by atoms with Crippen LogP contribution >= 0.6 is 0 Å². The van der Waals surface area contributed by atoms with Crippen LogP contribution in [0.5, 0.6) is 5.75 Å². The Kier molecular flexibility index (Phi) is 6.10. The zero-order valence-corrected chi connectivity index (χ0v) is 14.3. The van der Waals surface area contributed by atoms with Gasteiger partial charge in [0.15, 0.2) is 12.5 Å². The second-order valence-corrected chi connectivity index (χ2v) is 7.06. The maximum Gasteiger partial charge on any atom is 0.189 e. The van der Waals surface area contributed by atoms with Crippen molar-refractivity contribution in [3.8, 4) is 5.75 Å². The van der Waals surface area contributed by atoms with Crippen molar-refractivity contribution in [3.05, 3.63) is 17.7 Å². The molecule has 21 heavy (non-hydrogen) atoms. The van der Waals surface area contributed by atoms with Gasteiger partial charge < -0.3 is 14.2 Å². The molecule has 0 bridgehead atoms. The summed E-state index contributed by atoms with van der Waals surface area (Å²) in [6, 6.07) is 0. The second-order valence-electron chi connectivity index (χ2n) is 7.06. The van der Waals surface area contributed by atoms with Crippen molar-refractivity contribution < 1.29 is 14.2 Å². The molecule has 0 saturated carbocycles. The van der Waals surface area contributed by atoms with E-state index in [4.69, 9.17) is 14.2 Å². The Morgan fingerprint density at radius 2 is 1.43 bits per heavy atom. The molecule has 1 aromatic rings. The average molecular weight is 296 g/mol. The molecular weight excluding hydrogens is 268 g/mol. The SMILES string of the molecule is COCCOCOc1c(C(C)(C)C)ncnc1C(C)(C)C. The summed E-state index contributed by atoms with van der Waals surface area (Å²) in [5.41, 5.74) is 1.56. The van der Waals surface area contributed by atoms with Crippen molar-refractivity contribution in [1.29, 1.82) is 0 Å². The molecule has 0 aromatic carbocycles. The Morgan fingerprint density at radius 1 is 0.905 bits per heavy atom. The minimum absolute atomic E-state index is 0.120. The van der Waals surface area contributed by atoms with E-state index in [9.17, 15) is 0 Å². The summed E-state index contributed by atoms with van der Waals surface area (Å²) in [4.78, 5) is 8.85. The lowest BCUT2D eigenvalue weighted by atomic mass is 9.85. The summed E-state index contributed by atoms with van der Waals surface area (Å²) < 4.78 is 16.2. The Balaban J connectivity index is 3.01. The zero-order chi connectivity index (χ0) is 16.1. The van der Waals surface area contributed by atoms with Crippen LogP contribution in [0.2, 0.25) is 0 Å². The lowest BCUT2D eigenvalue weighted by Crippen LogP contribution is -2.23. The van der Waals surface area contributed by atoms with E-state index in [-0.39, 0.29) is 17.6 Å². The summed E-state index contributed by atoms with van der Waals surface area (Å²) in [6.45, 7) is 13.9. The van der Waals surface area contributed by atoms with Crippen LogP contribution in [0.1, 0.15) is 52.9 Å². The smallest absolute Gasteiger partial charge is 0.189 e. The van der Waals surface area contributed by atoms with Crippen molar-refractivity contribution in [1.82, 2.24) is 9.97 Å². The van der Waals surface area contributed by atoms with Crippen LogP contribution in [0.25, 0.3) is 0 Å². The Hall–Kier alpha value is -1.20. The zero-order valence-electron chi connectivity index (χ0n) is 14.3. The molecule has 1 rings (SSSR count). The van der Waals surface area contributed by atoms with Crippen LogP contribution in [0.4, 0.5) is 0 Å². The molecule has 0 aliphatic heterocycles. The van der Waals surface area contributed by atoms with Gasteiger partial charge in [-0.05, 0) is 0 Å². The van der Waals surface area contributed by atoms with E-state index in [1.54, 1.807) is 13.4 Å². The first-order valence-electron chi connectivity index (χ1n) is 7.23. The lowest BCUT2D eigenvalue weighted by molar-refractivity contribution is -0.0104. The van der Waals surface area contributed by atoms with E-state index in [1.807, 2.05) is 0 Å². The summed E-state index contributed by atoms with van der Waals surface area (Å²) in [6.07, 6.45) is 1.61. The maximum atomic E-state index is 5.87. The molecule has 0 amide bonds. The number of nitrogens with zero attached hydrogens (tertiary/aromatic N) is 2. The van der Waals surface area contributed by atoms with Gasteiger partial charge in [0.25, 0.3) is 0 Å². The van der Waals surface area contributed by atoms with Crippen molar-refractivity contribution in [2.45, 2.75) is 52.4 Å². The average Bonchev–Trinajstić information content (AvgIpc) is 2.36. The molecule has 0 spiro atoms. The molecule has 120 valence electrons. The Morgan fingerprint density at radius 3 is 1.86 bits per heavy atom. The van der Waals surface area contributed by atoms with Crippen LogP contribution in [0.3, 0.4) is 0 Å². The molecule has 5 heteroatoms. The summed E-state index contributed by atoms with van der Waals surface area (Å²) in [5.74, 6) is 0.731. The number of aromatic nitrogens is 2. The number of methoxy groups -OCH3 is 1. The van der Waals surface area contributed by atoms with Crippen molar-refractivity contribution in [3.63, 3.8) is 0 Å². The van der Waals surface area contributed by atoms with Crippen molar-refractivity contribution in [2.75, 3.05) is 27.1 Å². The summed E-state index contributed by atoms with van der Waals surface area (Å²) >= 11 is 0. The van der Waals surface area contributed by atoms with Crippen LogP contribution in [-0.4, -0.2) is 37.1 Å². The number of ether oxygens (including phenoxy) is 3. The van der Waals surface area contributed by atoms with Gasteiger partial charge in [0.2, 0.25) is 0 Å². The molecule has 0 aliphatic rings.